The van der Waals surface area contributed by atoms with Crippen LogP contribution in [0.15, 0.2) is 18.2 Å². The second-order valence-electron chi connectivity index (χ2n) is 4.19. The van der Waals surface area contributed by atoms with Crippen molar-refractivity contribution >= 4 is 17.7 Å². The summed E-state index contributed by atoms with van der Waals surface area (Å²) in [5, 5.41) is 13.2. The van der Waals surface area contributed by atoms with E-state index in [1.165, 1.54) is 6.92 Å². The predicted molar refractivity (Wildman–Crippen MR) is 64.8 cm³/mol. The van der Waals surface area contributed by atoms with E-state index in [0.717, 1.165) is 18.2 Å². The fraction of sp³-hybridized carbons (Fsp3) is 0.333. The normalized spacial score (nSPS) is 13.5. The van der Waals surface area contributed by atoms with Crippen LogP contribution in [0.25, 0.3) is 0 Å². The molecule has 0 aliphatic rings. The molecule has 0 radical (unpaired) electrons. The van der Waals surface area contributed by atoms with Gasteiger partial charge < -0.3 is 15.7 Å². The van der Waals surface area contributed by atoms with Gasteiger partial charge in [-0.15, -0.1) is 0 Å². The summed E-state index contributed by atoms with van der Waals surface area (Å²) in [6.07, 6.45) is 0.140. The average molecular weight is 272 g/mol. The molecular formula is C12H14F2N2O3. The van der Waals surface area contributed by atoms with E-state index in [1.807, 2.05) is 0 Å². The number of halogens is 2. The number of nitrogens with one attached hydrogen (secondary N) is 2. The highest BCUT2D eigenvalue weighted by Crippen LogP contribution is 2.16. The van der Waals surface area contributed by atoms with E-state index in [1.54, 1.807) is 6.92 Å². The lowest BCUT2D eigenvalue weighted by atomic mass is 10.00. The number of carbonyl (C=O) groups excluding carboxylic acids is 1. The number of rotatable bonds is 4. The van der Waals surface area contributed by atoms with Gasteiger partial charge in [0.15, 0.2) is 0 Å². The van der Waals surface area contributed by atoms with E-state index in [0.29, 0.717) is 0 Å². The number of urea groups is 1. The number of benzene rings is 1. The summed E-state index contributed by atoms with van der Waals surface area (Å²) < 4.78 is 26.2. The summed E-state index contributed by atoms with van der Waals surface area (Å²) in [6, 6.07) is 1.66. The summed E-state index contributed by atoms with van der Waals surface area (Å²) in [7, 11) is 0. The second-order valence-corrected chi connectivity index (χ2v) is 4.19. The zero-order valence-electron chi connectivity index (χ0n) is 10.5. The van der Waals surface area contributed by atoms with Crippen molar-refractivity contribution in [2.45, 2.75) is 25.8 Å². The summed E-state index contributed by atoms with van der Waals surface area (Å²) in [4.78, 5) is 22.6. The molecule has 1 rings (SSSR count). The molecule has 1 aromatic rings. The van der Waals surface area contributed by atoms with Gasteiger partial charge in [0.05, 0.1) is 5.69 Å². The van der Waals surface area contributed by atoms with Crippen molar-refractivity contribution in [3.8, 4) is 0 Å². The Bertz CT molecular complexity index is 508. The van der Waals surface area contributed by atoms with Gasteiger partial charge >= 0.3 is 12.0 Å². The maximum absolute atomic E-state index is 13.3. The van der Waals surface area contributed by atoms with Crippen molar-refractivity contribution in [1.82, 2.24) is 5.32 Å². The zero-order chi connectivity index (χ0) is 14.6. The lowest BCUT2D eigenvalue weighted by Crippen LogP contribution is -2.53. The van der Waals surface area contributed by atoms with Crippen LogP contribution >= 0.6 is 0 Å². The Morgan fingerprint density at radius 1 is 1.37 bits per heavy atom. The Kier molecular flexibility index (Phi) is 4.42. The third-order valence-corrected chi connectivity index (χ3v) is 2.75. The highest BCUT2D eigenvalue weighted by atomic mass is 19.1. The van der Waals surface area contributed by atoms with E-state index in [2.05, 4.69) is 10.6 Å². The number of carbonyl (C=O) groups is 2. The minimum Gasteiger partial charge on any atom is -0.480 e. The molecule has 0 spiro atoms. The number of carboxylic acids is 1. The summed E-state index contributed by atoms with van der Waals surface area (Å²) in [6.45, 7) is 2.90. The lowest BCUT2D eigenvalue weighted by Gasteiger charge is -2.24. The van der Waals surface area contributed by atoms with Gasteiger partial charge in [0, 0.05) is 6.07 Å². The van der Waals surface area contributed by atoms with Crippen LogP contribution in [0, 0.1) is 11.6 Å². The molecule has 19 heavy (non-hydrogen) atoms. The smallest absolute Gasteiger partial charge is 0.329 e. The molecule has 0 aromatic heterocycles. The molecule has 0 saturated carbocycles. The van der Waals surface area contributed by atoms with E-state index >= 15 is 0 Å². The summed E-state index contributed by atoms with van der Waals surface area (Å²) in [5.41, 5.74) is -1.84. The molecular weight excluding hydrogens is 258 g/mol. The van der Waals surface area contributed by atoms with Crippen LogP contribution in [0.3, 0.4) is 0 Å². The van der Waals surface area contributed by atoms with Crippen LogP contribution in [-0.2, 0) is 4.79 Å². The molecule has 0 aliphatic heterocycles. The number of amides is 2. The van der Waals surface area contributed by atoms with Crippen molar-refractivity contribution in [1.29, 1.82) is 0 Å². The van der Waals surface area contributed by atoms with Crippen molar-refractivity contribution in [3.05, 3.63) is 29.8 Å². The van der Waals surface area contributed by atoms with Gasteiger partial charge in [-0.2, -0.15) is 0 Å². The largest absolute Gasteiger partial charge is 0.480 e. The van der Waals surface area contributed by atoms with Gasteiger partial charge in [-0.25, -0.2) is 18.4 Å². The van der Waals surface area contributed by atoms with Gasteiger partial charge in [-0.05, 0) is 25.5 Å². The quantitative estimate of drug-likeness (QED) is 0.787. The third kappa shape index (κ3) is 3.64. The monoisotopic (exact) mass is 272 g/mol. The second kappa shape index (κ2) is 5.64. The van der Waals surface area contributed by atoms with Crippen molar-refractivity contribution in [2.75, 3.05) is 5.32 Å². The molecule has 0 fully saturated rings. The average Bonchev–Trinajstić information content (AvgIpc) is 2.33. The van der Waals surface area contributed by atoms with Gasteiger partial charge in [0.25, 0.3) is 0 Å². The molecule has 5 nitrogen and oxygen atoms in total. The van der Waals surface area contributed by atoms with Crippen molar-refractivity contribution < 1.29 is 23.5 Å². The SMILES string of the molecule is CCC(C)(NC(=O)Nc1cc(F)ccc1F)C(=O)O. The van der Waals surface area contributed by atoms with E-state index < -0.39 is 29.2 Å². The minimum atomic E-state index is -1.48. The molecule has 0 bridgehead atoms. The third-order valence-electron chi connectivity index (χ3n) is 2.75. The Hall–Kier alpha value is -2.18. The molecule has 1 unspecified atom stereocenters. The van der Waals surface area contributed by atoms with Crippen LogP contribution < -0.4 is 10.6 Å². The van der Waals surface area contributed by atoms with Gasteiger partial charge in [0.2, 0.25) is 0 Å². The Morgan fingerprint density at radius 3 is 2.53 bits per heavy atom. The van der Waals surface area contributed by atoms with E-state index in [4.69, 9.17) is 5.11 Å². The summed E-state index contributed by atoms with van der Waals surface area (Å²) in [5.74, 6) is -2.75. The van der Waals surface area contributed by atoms with Gasteiger partial charge in [-0.1, -0.05) is 6.92 Å². The number of hydrogen-bond acceptors (Lipinski definition) is 2. The molecule has 1 aromatic carbocycles. The maximum atomic E-state index is 13.3. The Labute approximate surface area is 108 Å². The van der Waals surface area contributed by atoms with Crippen molar-refractivity contribution in [3.63, 3.8) is 0 Å². The van der Waals surface area contributed by atoms with Gasteiger partial charge in [-0.3, -0.25) is 0 Å². The molecule has 104 valence electrons. The Morgan fingerprint density at radius 2 is 2.00 bits per heavy atom. The fourth-order valence-corrected chi connectivity index (χ4v) is 1.29. The highest BCUT2D eigenvalue weighted by molar-refractivity contribution is 5.93. The molecule has 2 amide bonds. The molecule has 0 aliphatic carbocycles. The van der Waals surface area contributed by atoms with Crippen LogP contribution in [0.2, 0.25) is 0 Å². The lowest BCUT2D eigenvalue weighted by molar-refractivity contribution is -0.143. The predicted octanol–water partition coefficient (Wildman–Crippen LogP) is 2.34. The van der Waals surface area contributed by atoms with Crippen LogP contribution in [0.1, 0.15) is 20.3 Å². The molecule has 0 saturated heterocycles. The molecule has 1 atom stereocenters. The Balaban J connectivity index is 2.80. The van der Waals surface area contributed by atoms with Crippen LogP contribution in [0.5, 0.6) is 0 Å². The molecule has 0 heterocycles. The fourth-order valence-electron chi connectivity index (χ4n) is 1.29. The zero-order valence-corrected chi connectivity index (χ0v) is 10.5. The number of aliphatic carboxylic acids is 1. The van der Waals surface area contributed by atoms with Gasteiger partial charge in [0.1, 0.15) is 17.2 Å². The van der Waals surface area contributed by atoms with Crippen molar-refractivity contribution in [2.24, 2.45) is 0 Å². The van der Waals surface area contributed by atoms with E-state index in [9.17, 15) is 18.4 Å². The molecule has 7 heteroatoms. The van der Waals surface area contributed by atoms with Crippen LogP contribution in [-0.4, -0.2) is 22.6 Å². The standard InChI is InChI=1S/C12H14F2N2O3/c1-3-12(2,10(17)18)16-11(19)15-9-6-7(13)4-5-8(9)14/h4-6H,3H2,1-2H3,(H,17,18)(H2,15,16,19). The number of anilines is 1. The van der Waals surface area contributed by atoms with E-state index in [-0.39, 0.29) is 12.1 Å². The first-order chi connectivity index (χ1) is 8.78. The first-order valence-corrected chi connectivity index (χ1v) is 5.56. The summed E-state index contributed by atoms with van der Waals surface area (Å²) >= 11 is 0. The number of carboxylic acid groups (broad SMARTS) is 1. The first-order valence-electron chi connectivity index (χ1n) is 5.56. The minimum absolute atomic E-state index is 0.140. The highest BCUT2D eigenvalue weighted by Gasteiger charge is 2.32. The molecule has 3 N–H and O–H groups in total. The van der Waals surface area contributed by atoms with Crippen LogP contribution in [0.4, 0.5) is 19.3 Å². The number of hydrogen-bond donors (Lipinski definition) is 3. The topological polar surface area (TPSA) is 78.4 Å². The maximum Gasteiger partial charge on any atom is 0.329 e. The first kappa shape index (κ1) is 14.9.